The maximum absolute atomic E-state index is 12.3. The number of alkyl halides is 3. The molecule has 1 heterocycles. The number of cyclic esters (lactones) is 2. The van der Waals surface area contributed by atoms with Gasteiger partial charge in [-0.3, -0.25) is 0 Å². The van der Waals surface area contributed by atoms with Gasteiger partial charge in [0.05, 0.1) is 5.69 Å². The second kappa shape index (κ2) is 6.67. The Morgan fingerprint density at radius 1 is 1.21 bits per heavy atom. The summed E-state index contributed by atoms with van der Waals surface area (Å²) in [6.07, 6.45) is 1.08. The summed E-state index contributed by atoms with van der Waals surface area (Å²) in [5, 5.41) is 2.66. The Labute approximate surface area is 147 Å². The molecule has 1 aromatic rings. The number of thioether (sulfide) groups is 1. The van der Waals surface area contributed by atoms with Crippen LogP contribution in [0.4, 0.5) is 18.9 Å². The van der Waals surface area contributed by atoms with Crippen molar-refractivity contribution in [2.45, 2.75) is 30.0 Å². The largest absolute Gasteiger partial charge is 0.446 e. The molecule has 24 heavy (non-hydrogen) atoms. The van der Waals surface area contributed by atoms with Gasteiger partial charge in [-0.05, 0) is 45.9 Å². The molecule has 2 rings (SSSR count). The third-order valence-corrected chi connectivity index (χ3v) is 4.04. The van der Waals surface area contributed by atoms with E-state index in [-0.39, 0.29) is 22.2 Å². The van der Waals surface area contributed by atoms with E-state index in [1.807, 2.05) is 0 Å². The number of esters is 2. The van der Waals surface area contributed by atoms with Gasteiger partial charge in [0.25, 0.3) is 5.79 Å². The second-order valence-corrected chi connectivity index (χ2v) is 7.06. The molecule has 130 valence electrons. The van der Waals surface area contributed by atoms with Crippen molar-refractivity contribution < 1.29 is 32.2 Å². The van der Waals surface area contributed by atoms with Crippen LogP contribution in [0.1, 0.15) is 13.8 Å². The van der Waals surface area contributed by atoms with Crippen LogP contribution in [-0.2, 0) is 19.1 Å². The molecule has 0 aromatic heterocycles. The predicted molar refractivity (Wildman–Crippen MR) is 84.0 cm³/mol. The van der Waals surface area contributed by atoms with E-state index >= 15 is 0 Å². The Bertz CT molecular complexity index is 696. The highest BCUT2D eigenvalue weighted by molar-refractivity contribution is 9.10. The predicted octanol–water partition coefficient (Wildman–Crippen LogP) is 4.19. The number of carbonyl (C=O) groups is 2. The number of anilines is 1. The van der Waals surface area contributed by atoms with E-state index in [4.69, 9.17) is 9.47 Å². The lowest BCUT2D eigenvalue weighted by Gasteiger charge is -2.29. The normalized spacial score (nSPS) is 17.2. The van der Waals surface area contributed by atoms with Gasteiger partial charge in [0.1, 0.15) is 0 Å². The zero-order valence-electron chi connectivity index (χ0n) is 12.4. The summed E-state index contributed by atoms with van der Waals surface area (Å²) in [5.41, 5.74) is -4.38. The molecule has 0 saturated carbocycles. The van der Waals surface area contributed by atoms with Gasteiger partial charge in [-0.15, -0.1) is 0 Å². The van der Waals surface area contributed by atoms with Crippen molar-refractivity contribution in [2.75, 3.05) is 5.32 Å². The first-order chi connectivity index (χ1) is 11.0. The molecule has 1 saturated heterocycles. The van der Waals surface area contributed by atoms with Crippen molar-refractivity contribution in [1.82, 2.24) is 0 Å². The van der Waals surface area contributed by atoms with E-state index in [1.165, 1.54) is 32.0 Å². The van der Waals surface area contributed by atoms with Gasteiger partial charge in [0, 0.05) is 29.4 Å². The molecule has 0 aliphatic carbocycles. The minimum Gasteiger partial charge on any atom is -0.419 e. The Balaban J connectivity index is 2.14. The molecule has 1 aliphatic heterocycles. The SMILES string of the molecule is CC1(C)OC(=O)C(=CNc2ccc(SC(F)(F)F)cc2Br)C(=O)O1. The van der Waals surface area contributed by atoms with Crippen LogP contribution in [0.2, 0.25) is 0 Å². The van der Waals surface area contributed by atoms with Crippen LogP contribution >= 0.6 is 27.7 Å². The molecule has 10 heteroatoms. The number of ether oxygens (including phenoxy) is 2. The van der Waals surface area contributed by atoms with Crippen molar-refractivity contribution in [3.8, 4) is 0 Å². The lowest BCUT2D eigenvalue weighted by atomic mass is 10.2. The fourth-order valence-corrected chi connectivity index (χ4v) is 2.96. The van der Waals surface area contributed by atoms with Gasteiger partial charge in [-0.2, -0.15) is 13.2 Å². The molecule has 0 atom stereocenters. The molecule has 1 aromatic carbocycles. The van der Waals surface area contributed by atoms with Crippen LogP contribution in [0, 0.1) is 0 Å². The van der Waals surface area contributed by atoms with E-state index in [1.54, 1.807) is 0 Å². The highest BCUT2D eigenvalue weighted by Gasteiger charge is 2.39. The Kier molecular flexibility index (Phi) is 5.19. The molecule has 1 N–H and O–H groups in total. The number of nitrogens with one attached hydrogen (secondary N) is 1. The fraction of sp³-hybridized carbons (Fsp3) is 0.286. The molecule has 1 aliphatic rings. The Morgan fingerprint density at radius 3 is 2.29 bits per heavy atom. The van der Waals surface area contributed by atoms with Crippen LogP contribution < -0.4 is 5.32 Å². The van der Waals surface area contributed by atoms with Gasteiger partial charge in [0.15, 0.2) is 5.57 Å². The first-order valence-corrected chi connectivity index (χ1v) is 8.06. The molecule has 0 spiro atoms. The number of benzene rings is 1. The summed E-state index contributed by atoms with van der Waals surface area (Å²) in [4.78, 5) is 23.5. The number of carbonyl (C=O) groups excluding carboxylic acids is 2. The molecule has 0 unspecified atom stereocenters. The number of rotatable bonds is 3. The standard InChI is InChI=1S/C14H11BrF3NO4S/c1-13(2)22-11(20)8(12(21)23-13)6-19-10-4-3-7(5-9(10)15)24-14(16,17)18/h3-6,19H,1-2H3. The Hall–Kier alpha value is -1.68. The first-order valence-electron chi connectivity index (χ1n) is 6.45. The van der Waals surface area contributed by atoms with Gasteiger partial charge < -0.3 is 14.8 Å². The summed E-state index contributed by atoms with van der Waals surface area (Å²) < 4.78 is 47.2. The van der Waals surface area contributed by atoms with Crippen molar-refractivity contribution in [2.24, 2.45) is 0 Å². The maximum Gasteiger partial charge on any atom is 0.446 e. The molecule has 0 radical (unpaired) electrons. The van der Waals surface area contributed by atoms with Crippen molar-refractivity contribution in [1.29, 1.82) is 0 Å². The summed E-state index contributed by atoms with van der Waals surface area (Å²) in [5.74, 6) is -3.06. The van der Waals surface area contributed by atoms with Crippen LogP contribution in [0.15, 0.2) is 39.3 Å². The summed E-state index contributed by atoms with van der Waals surface area (Å²) >= 11 is 2.87. The quantitative estimate of drug-likeness (QED) is 0.339. The lowest BCUT2D eigenvalue weighted by molar-refractivity contribution is -0.222. The molecule has 0 amide bonds. The Morgan fingerprint density at radius 2 is 1.79 bits per heavy atom. The summed E-state index contributed by atoms with van der Waals surface area (Å²) in [6.45, 7) is 2.83. The van der Waals surface area contributed by atoms with Crippen LogP contribution in [0.25, 0.3) is 0 Å². The average Bonchev–Trinajstić information content (AvgIpc) is 2.36. The number of hydrogen-bond acceptors (Lipinski definition) is 6. The molecule has 0 bridgehead atoms. The van der Waals surface area contributed by atoms with Crippen molar-refractivity contribution >= 4 is 45.3 Å². The van der Waals surface area contributed by atoms with E-state index in [2.05, 4.69) is 21.2 Å². The van der Waals surface area contributed by atoms with Gasteiger partial charge in [0.2, 0.25) is 0 Å². The zero-order chi connectivity index (χ0) is 18.1. The minimum atomic E-state index is -4.39. The van der Waals surface area contributed by atoms with Gasteiger partial charge in [-0.25, -0.2) is 9.59 Å². The molecule has 5 nitrogen and oxygen atoms in total. The highest BCUT2D eigenvalue weighted by Crippen LogP contribution is 2.39. The topological polar surface area (TPSA) is 64.6 Å². The van der Waals surface area contributed by atoms with E-state index in [0.717, 1.165) is 6.20 Å². The van der Waals surface area contributed by atoms with Gasteiger partial charge in [-0.1, -0.05) is 0 Å². The minimum absolute atomic E-state index is 0.00851. The van der Waals surface area contributed by atoms with E-state index in [0.29, 0.717) is 10.2 Å². The summed E-state index contributed by atoms with van der Waals surface area (Å²) in [7, 11) is 0. The van der Waals surface area contributed by atoms with Crippen LogP contribution in [0.5, 0.6) is 0 Å². The smallest absolute Gasteiger partial charge is 0.419 e. The lowest BCUT2D eigenvalue weighted by Crippen LogP contribution is -2.42. The zero-order valence-corrected chi connectivity index (χ0v) is 14.8. The highest BCUT2D eigenvalue weighted by atomic mass is 79.9. The average molecular weight is 426 g/mol. The van der Waals surface area contributed by atoms with E-state index < -0.39 is 23.2 Å². The molecular formula is C14H11BrF3NO4S. The van der Waals surface area contributed by atoms with Crippen LogP contribution in [-0.4, -0.2) is 23.2 Å². The van der Waals surface area contributed by atoms with Crippen molar-refractivity contribution in [3.05, 3.63) is 34.4 Å². The first kappa shape index (κ1) is 18.7. The number of halogens is 4. The number of hydrogen-bond donors (Lipinski definition) is 1. The second-order valence-electron chi connectivity index (χ2n) is 5.07. The van der Waals surface area contributed by atoms with E-state index in [9.17, 15) is 22.8 Å². The fourth-order valence-electron chi connectivity index (χ4n) is 1.74. The third-order valence-electron chi connectivity index (χ3n) is 2.66. The summed E-state index contributed by atoms with van der Waals surface area (Å²) in [6, 6.07) is 3.89. The molecular weight excluding hydrogens is 415 g/mol. The van der Waals surface area contributed by atoms with Gasteiger partial charge >= 0.3 is 17.4 Å². The molecule has 1 fully saturated rings. The monoisotopic (exact) mass is 425 g/mol. The maximum atomic E-state index is 12.3. The third kappa shape index (κ3) is 4.91. The van der Waals surface area contributed by atoms with Crippen molar-refractivity contribution in [3.63, 3.8) is 0 Å². The van der Waals surface area contributed by atoms with Crippen LogP contribution in [0.3, 0.4) is 0 Å².